The number of benzene rings is 1. The van der Waals surface area contributed by atoms with E-state index in [9.17, 15) is 18.4 Å². The van der Waals surface area contributed by atoms with Gasteiger partial charge in [-0.3, -0.25) is 9.59 Å². The molecule has 4 nitrogen and oxygen atoms in total. The van der Waals surface area contributed by atoms with Crippen LogP contribution < -0.4 is 0 Å². The molecule has 1 aliphatic heterocycles. The summed E-state index contributed by atoms with van der Waals surface area (Å²) >= 11 is 1.91. The van der Waals surface area contributed by atoms with Gasteiger partial charge in [0.2, 0.25) is 0 Å². The Morgan fingerprint density at radius 3 is 2.68 bits per heavy atom. The van der Waals surface area contributed by atoms with Crippen LogP contribution in [0, 0.1) is 5.92 Å². The van der Waals surface area contributed by atoms with Crippen molar-refractivity contribution >= 4 is 34.5 Å². The lowest BCUT2D eigenvalue weighted by molar-refractivity contribution is -0.259. The Morgan fingerprint density at radius 2 is 2.04 bits per heavy atom. The molecule has 0 spiro atoms. The lowest BCUT2D eigenvalue weighted by Crippen LogP contribution is -2.42. The Hall–Kier alpha value is -1.25. The molecule has 0 aliphatic carbocycles. The summed E-state index contributed by atoms with van der Waals surface area (Å²) in [5, 5.41) is 0. The number of hydrogen-bond donors (Lipinski definition) is 0. The molecular weight excluding hydrogens is 445 g/mol. The van der Waals surface area contributed by atoms with Crippen molar-refractivity contribution in [2.24, 2.45) is 5.92 Å². The molecule has 138 valence electrons. The van der Waals surface area contributed by atoms with Gasteiger partial charge < -0.3 is 9.47 Å². The number of ether oxygens (including phenoxy) is 2. The monoisotopic (exact) mass is 466 g/mol. The predicted molar refractivity (Wildman–Crippen MR) is 96.5 cm³/mol. The summed E-state index contributed by atoms with van der Waals surface area (Å²) < 4.78 is 37.7. The third kappa shape index (κ3) is 5.36. The molecule has 1 aromatic rings. The third-order valence-electron chi connectivity index (χ3n) is 4.22. The maximum absolute atomic E-state index is 14.6. The first-order valence-corrected chi connectivity index (χ1v) is 9.34. The number of carbonyl (C=O) groups excluding carboxylic acids is 2. The zero-order valence-electron chi connectivity index (χ0n) is 14.0. The number of halogens is 3. The Kier molecular flexibility index (Phi) is 6.76. The molecule has 2 unspecified atom stereocenters. The molecule has 0 radical (unpaired) electrons. The highest BCUT2D eigenvalue weighted by Crippen LogP contribution is 2.43. The number of esters is 2. The van der Waals surface area contributed by atoms with Gasteiger partial charge in [-0.05, 0) is 38.2 Å². The minimum Gasteiger partial charge on any atom is -0.465 e. The van der Waals surface area contributed by atoms with Crippen LogP contribution in [-0.4, -0.2) is 28.1 Å². The fourth-order valence-electron chi connectivity index (χ4n) is 2.95. The van der Waals surface area contributed by atoms with Gasteiger partial charge in [0.1, 0.15) is 3.42 Å². The second-order valence-corrected chi connectivity index (χ2v) is 8.23. The van der Waals surface area contributed by atoms with Crippen molar-refractivity contribution in [2.45, 2.75) is 48.6 Å². The third-order valence-corrected chi connectivity index (χ3v) is 5.64. The van der Waals surface area contributed by atoms with Crippen molar-refractivity contribution in [2.75, 3.05) is 6.61 Å². The molecule has 1 heterocycles. The summed E-state index contributed by atoms with van der Waals surface area (Å²) in [6.45, 7) is 1.86. The van der Waals surface area contributed by atoms with Crippen LogP contribution in [0.15, 0.2) is 30.3 Å². The quantitative estimate of drug-likeness (QED) is 0.378. The first-order chi connectivity index (χ1) is 11.8. The second kappa shape index (κ2) is 8.42. The Morgan fingerprint density at radius 1 is 1.36 bits per heavy atom. The number of rotatable bonds is 4. The van der Waals surface area contributed by atoms with Crippen LogP contribution in [0.25, 0.3) is 0 Å². The molecule has 25 heavy (non-hydrogen) atoms. The molecule has 1 aromatic carbocycles. The second-order valence-electron chi connectivity index (χ2n) is 6.17. The maximum Gasteiger partial charge on any atom is 0.403 e. The van der Waals surface area contributed by atoms with E-state index in [0.29, 0.717) is 18.4 Å². The van der Waals surface area contributed by atoms with Gasteiger partial charge in [0.15, 0.2) is 0 Å². The summed E-state index contributed by atoms with van der Waals surface area (Å²) in [5.41, 5.74) is 0.699. The molecule has 2 rings (SSSR count). The van der Waals surface area contributed by atoms with E-state index >= 15 is 0 Å². The summed E-state index contributed by atoms with van der Waals surface area (Å²) in [7, 11) is 0. The molecule has 2 atom stereocenters. The minimum absolute atomic E-state index is 0.00523. The predicted octanol–water partition coefficient (Wildman–Crippen LogP) is 4.29. The molecule has 1 aliphatic rings. The van der Waals surface area contributed by atoms with E-state index in [1.165, 1.54) is 0 Å². The first-order valence-electron chi connectivity index (χ1n) is 8.26. The van der Waals surface area contributed by atoms with Crippen molar-refractivity contribution in [3.05, 3.63) is 35.9 Å². The minimum atomic E-state index is -3.64. The molecule has 0 aromatic heterocycles. The van der Waals surface area contributed by atoms with E-state index in [2.05, 4.69) is 4.74 Å². The highest BCUT2D eigenvalue weighted by atomic mass is 127. The van der Waals surface area contributed by atoms with Crippen molar-refractivity contribution in [3.63, 3.8) is 0 Å². The molecule has 0 bridgehead atoms. The van der Waals surface area contributed by atoms with Crippen molar-refractivity contribution in [1.29, 1.82) is 0 Å². The van der Waals surface area contributed by atoms with Crippen molar-refractivity contribution in [1.82, 2.24) is 0 Å². The van der Waals surface area contributed by atoms with Gasteiger partial charge in [-0.25, -0.2) is 0 Å². The number of hydrogen-bond acceptors (Lipinski definition) is 4. The number of carbonyl (C=O) groups is 2. The lowest BCUT2D eigenvalue weighted by atomic mass is 9.86. The zero-order chi connectivity index (χ0) is 18.5. The van der Waals surface area contributed by atoms with E-state index in [-0.39, 0.29) is 25.9 Å². The van der Waals surface area contributed by atoms with E-state index in [1.807, 2.05) is 22.6 Å². The van der Waals surface area contributed by atoms with Gasteiger partial charge in [-0.2, -0.15) is 8.78 Å². The average molecular weight is 466 g/mol. The Labute approximate surface area is 159 Å². The standard InChI is InChI=1S/C18H21F2IO4/c1-2-24-16(23)17(21)10-6-9-15(22)25-18(19,20)14(12-17)11-13-7-4-3-5-8-13/h3-5,7-8,14H,2,6,9-12H2,1H3. The fourth-order valence-corrected chi connectivity index (χ4v) is 4.01. The van der Waals surface area contributed by atoms with Gasteiger partial charge in [-0.15, -0.1) is 0 Å². The van der Waals surface area contributed by atoms with Crippen LogP contribution in [0.2, 0.25) is 0 Å². The summed E-state index contributed by atoms with van der Waals surface area (Å²) in [5.74, 6) is -2.76. The van der Waals surface area contributed by atoms with Crippen LogP contribution in [0.4, 0.5) is 8.78 Å². The van der Waals surface area contributed by atoms with Gasteiger partial charge in [0.05, 0.1) is 12.5 Å². The first kappa shape index (κ1) is 20.1. The fraction of sp³-hybridized carbons (Fsp3) is 0.556. The van der Waals surface area contributed by atoms with Gasteiger partial charge in [0, 0.05) is 6.42 Å². The van der Waals surface area contributed by atoms with Crippen LogP contribution >= 0.6 is 22.6 Å². The topological polar surface area (TPSA) is 52.6 Å². The zero-order valence-corrected chi connectivity index (χ0v) is 16.1. The summed E-state index contributed by atoms with van der Waals surface area (Å²) in [4.78, 5) is 24.1. The van der Waals surface area contributed by atoms with E-state index in [4.69, 9.17) is 4.74 Å². The summed E-state index contributed by atoms with van der Waals surface area (Å²) in [6, 6.07) is 8.80. The molecular formula is C18H21F2IO4. The summed E-state index contributed by atoms with van der Waals surface area (Å²) in [6.07, 6.45) is -3.30. The maximum atomic E-state index is 14.6. The van der Waals surface area contributed by atoms with Crippen LogP contribution in [0.3, 0.4) is 0 Å². The SMILES string of the molecule is CCOC(=O)C1(I)CCCC(=O)OC(F)(F)C(Cc2ccccc2)C1. The highest BCUT2D eigenvalue weighted by molar-refractivity contribution is 14.1. The highest BCUT2D eigenvalue weighted by Gasteiger charge is 2.51. The number of alkyl halides is 3. The van der Waals surface area contributed by atoms with Crippen molar-refractivity contribution in [3.8, 4) is 0 Å². The van der Waals surface area contributed by atoms with E-state index in [1.54, 1.807) is 37.3 Å². The number of cyclic esters (lactones) is 1. The molecule has 1 saturated heterocycles. The van der Waals surface area contributed by atoms with Crippen molar-refractivity contribution < 1.29 is 27.8 Å². The van der Waals surface area contributed by atoms with Gasteiger partial charge in [-0.1, -0.05) is 52.9 Å². The van der Waals surface area contributed by atoms with Crippen LogP contribution in [-0.2, 0) is 25.5 Å². The molecule has 0 saturated carbocycles. The molecule has 0 amide bonds. The molecule has 7 heteroatoms. The normalized spacial score (nSPS) is 26.7. The van der Waals surface area contributed by atoms with Gasteiger partial charge >= 0.3 is 18.0 Å². The molecule has 1 fully saturated rings. The van der Waals surface area contributed by atoms with Gasteiger partial charge in [0.25, 0.3) is 0 Å². The van der Waals surface area contributed by atoms with Crippen LogP contribution in [0.5, 0.6) is 0 Å². The average Bonchev–Trinajstić information content (AvgIpc) is 2.58. The Bertz CT molecular complexity index is 608. The lowest BCUT2D eigenvalue weighted by Gasteiger charge is -2.32. The van der Waals surface area contributed by atoms with Crippen LogP contribution in [0.1, 0.15) is 38.2 Å². The molecule has 0 N–H and O–H groups in total. The Balaban J connectivity index is 2.33. The smallest absolute Gasteiger partial charge is 0.403 e. The van der Waals surface area contributed by atoms with E-state index in [0.717, 1.165) is 0 Å². The van der Waals surface area contributed by atoms with E-state index < -0.39 is 27.4 Å². The largest absolute Gasteiger partial charge is 0.465 e.